The first-order valence-corrected chi connectivity index (χ1v) is 7.05. The van der Waals surface area contributed by atoms with Crippen molar-refractivity contribution in [1.29, 1.82) is 0 Å². The molecule has 1 aromatic heterocycles. The minimum Gasteiger partial charge on any atom is -0.474 e. The zero-order valence-corrected chi connectivity index (χ0v) is 12.1. The fourth-order valence-corrected chi connectivity index (χ4v) is 2.32. The molecule has 2 rings (SSSR count). The van der Waals surface area contributed by atoms with Gasteiger partial charge >= 0.3 is 0 Å². The van der Waals surface area contributed by atoms with Crippen molar-refractivity contribution in [1.82, 2.24) is 9.97 Å². The van der Waals surface area contributed by atoms with Crippen molar-refractivity contribution in [2.24, 2.45) is 0 Å². The molecule has 0 radical (unpaired) electrons. The van der Waals surface area contributed by atoms with Gasteiger partial charge in [-0.15, -0.1) is 0 Å². The monoisotopic (exact) mass is 268 g/mol. The third-order valence-electron chi connectivity index (χ3n) is 3.18. The highest BCUT2D eigenvalue weighted by Gasteiger charge is 2.21. The first kappa shape index (κ1) is 13.6. The minimum atomic E-state index is -0.116. The van der Waals surface area contributed by atoms with E-state index in [-0.39, 0.29) is 11.5 Å². The van der Waals surface area contributed by atoms with Crippen LogP contribution in [0.4, 0.5) is 0 Å². The van der Waals surface area contributed by atoms with Gasteiger partial charge in [0, 0.05) is 11.5 Å². The molecule has 0 saturated heterocycles. The van der Waals surface area contributed by atoms with Crippen molar-refractivity contribution >= 4 is 11.6 Å². The summed E-state index contributed by atoms with van der Waals surface area (Å²) in [6.07, 6.45) is 6.33. The maximum Gasteiger partial charge on any atom is 0.218 e. The SMILES string of the molecule is CC(C)(C)c1nc(Cl)cc(OC2CCCCC2)n1. The van der Waals surface area contributed by atoms with E-state index in [1.807, 2.05) is 0 Å². The summed E-state index contributed by atoms with van der Waals surface area (Å²) >= 11 is 6.04. The van der Waals surface area contributed by atoms with Crippen LogP contribution in [0.15, 0.2) is 6.07 Å². The van der Waals surface area contributed by atoms with Crippen LogP contribution in [0.25, 0.3) is 0 Å². The van der Waals surface area contributed by atoms with Crippen molar-refractivity contribution in [3.8, 4) is 5.88 Å². The van der Waals surface area contributed by atoms with Crippen LogP contribution in [0.2, 0.25) is 5.15 Å². The summed E-state index contributed by atoms with van der Waals surface area (Å²) in [4.78, 5) is 8.75. The van der Waals surface area contributed by atoms with Crippen LogP contribution in [0.3, 0.4) is 0 Å². The number of hydrogen-bond donors (Lipinski definition) is 0. The van der Waals surface area contributed by atoms with Gasteiger partial charge in [0.15, 0.2) is 0 Å². The molecule has 0 bridgehead atoms. The molecule has 3 nitrogen and oxygen atoms in total. The van der Waals surface area contributed by atoms with E-state index >= 15 is 0 Å². The van der Waals surface area contributed by atoms with Crippen molar-refractivity contribution < 1.29 is 4.74 Å². The lowest BCUT2D eigenvalue weighted by Gasteiger charge is -2.23. The van der Waals surface area contributed by atoms with Crippen molar-refractivity contribution in [2.75, 3.05) is 0 Å². The lowest BCUT2D eigenvalue weighted by atomic mass is 9.96. The second kappa shape index (κ2) is 5.43. The second-order valence-corrected chi connectivity index (χ2v) is 6.37. The molecule has 0 spiro atoms. The Balaban J connectivity index is 2.14. The summed E-state index contributed by atoms with van der Waals surface area (Å²) in [7, 11) is 0. The average Bonchev–Trinajstić information content (AvgIpc) is 2.28. The predicted octanol–water partition coefficient (Wildman–Crippen LogP) is 4.14. The molecule has 0 atom stereocenters. The molecular weight excluding hydrogens is 248 g/mol. The topological polar surface area (TPSA) is 35.0 Å². The molecule has 0 aliphatic heterocycles. The lowest BCUT2D eigenvalue weighted by Crippen LogP contribution is -2.22. The van der Waals surface area contributed by atoms with Crippen LogP contribution in [-0.2, 0) is 5.41 Å². The quantitative estimate of drug-likeness (QED) is 0.756. The van der Waals surface area contributed by atoms with Crippen LogP contribution >= 0.6 is 11.6 Å². The fraction of sp³-hybridized carbons (Fsp3) is 0.714. The summed E-state index contributed by atoms with van der Waals surface area (Å²) < 4.78 is 5.94. The number of ether oxygens (including phenoxy) is 1. The lowest BCUT2D eigenvalue weighted by molar-refractivity contribution is 0.147. The maximum atomic E-state index is 6.04. The third-order valence-corrected chi connectivity index (χ3v) is 3.38. The van der Waals surface area contributed by atoms with Gasteiger partial charge in [0.05, 0.1) is 0 Å². The van der Waals surface area contributed by atoms with E-state index in [9.17, 15) is 0 Å². The number of halogens is 1. The number of aromatic nitrogens is 2. The summed E-state index contributed by atoms with van der Waals surface area (Å²) in [5.41, 5.74) is -0.116. The summed E-state index contributed by atoms with van der Waals surface area (Å²) in [6.45, 7) is 6.22. The summed E-state index contributed by atoms with van der Waals surface area (Å²) in [5.74, 6) is 1.35. The molecule has 1 saturated carbocycles. The van der Waals surface area contributed by atoms with Crippen molar-refractivity contribution in [3.05, 3.63) is 17.0 Å². The standard InChI is InChI=1S/C14H21ClN2O/c1-14(2,3)13-16-11(15)9-12(17-13)18-10-7-5-4-6-8-10/h9-10H,4-8H2,1-3H3. The van der Waals surface area contributed by atoms with E-state index in [4.69, 9.17) is 16.3 Å². The Morgan fingerprint density at radius 2 is 1.83 bits per heavy atom. The second-order valence-electron chi connectivity index (χ2n) is 5.98. The van der Waals surface area contributed by atoms with Gasteiger partial charge in [-0.3, -0.25) is 0 Å². The molecule has 1 aromatic rings. The Kier molecular flexibility index (Phi) is 4.10. The van der Waals surface area contributed by atoms with Gasteiger partial charge in [0.2, 0.25) is 5.88 Å². The molecule has 0 amide bonds. The molecule has 1 heterocycles. The average molecular weight is 269 g/mol. The minimum absolute atomic E-state index is 0.116. The Morgan fingerprint density at radius 3 is 2.44 bits per heavy atom. The molecule has 1 aliphatic carbocycles. The Morgan fingerprint density at radius 1 is 1.17 bits per heavy atom. The van der Waals surface area contributed by atoms with Gasteiger partial charge in [-0.1, -0.05) is 38.8 Å². The van der Waals surface area contributed by atoms with E-state index in [0.717, 1.165) is 18.7 Å². The Hall–Kier alpha value is -0.830. The molecular formula is C14H21ClN2O. The van der Waals surface area contributed by atoms with Crippen LogP contribution < -0.4 is 4.74 Å². The first-order chi connectivity index (χ1) is 8.45. The van der Waals surface area contributed by atoms with Crippen LogP contribution in [0, 0.1) is 0 Å². The molecule has 100 valence electrons. The van der Waals surface area contributed by atoms with Gasteiger partial charge < -0.3 is 4.74 Å². The highest BCUT2D eigenvalue weighted by atomic mass is 35.5. The summed E-state index contributed by atoms with van der Waals surface area (Å²) in [6, 6.07) is 1.71. The van der Waals surface area contributed by atoms with Gasteiger partial charge in [-0.2, -0.15) is 4.98 Å². The molecule has 0 unspecified atom stereocenters. The van der Waals surface area contributed by atoms with Gasteiger partial charge in [-0.05, 0) is 25.7 Å². The Labute approximate surface area is 114 Å². The number of hydrogen-bond acceptors (Lipinski definition) is 3. The third kappa shape index (κ3) is 3.58. The van der Waals surface area contributed by atoms with Crippen molar-refractivity contribution in [3.63, 3.8) is 0 Å². The van der Waals surface area contributed by atoms with Gasteiger partial charge in [0.25, 0.3) is 0 Å². The van der Waals surface area contributed by atoms with E-state index in [2.05, 4.69) is 30.7 Å². The van der Waals surface area contributed by atoms with Crippen LogP contribution in [0.1, 0.15) is 58.7 Å². The molecule has 1 aliphatic rings. The van der Waals surface area contributed by atoms with E-state index in [0.29, 0.717) is 11.0 Å². The van der Waals surface area contributed by atoms with E-state index in [1.54, 1.807) is 6.07 Å². The molecule has 4 heteroatoms. The largest absolute Gasteiger partial charge is 0.474 e. The normalized spacial score (nSPS) is 17.8. The zero-order chi connectivity index (χ0) is 13.2. The van der Waals surface area contributed by atoms with Gasteiger partial charge in [0.1, 0.15) is 17.1 Å². The maximum absolute atomic E-state index is 6.04. The van der Waals surface area contributed by atoms with E-state index < -0.39 is 0 Å². The number of rotatable bonds is 2. The van der Waals surface area contributed by atoms with E-state index in [1.165, 1.54) is 19.3 Å². The molecule has 18 heavy (non-hydrogen) atoms. The van der Waals surface area contributed by atoms with Crippen LogP contribution in [0.5, 0.6) is 5.88 Å². The number of nitrogens with zero attached hydrogens (tertiary/aromatic N) is 2. The first-order valence-electron chi connectivity index (χ1n) is 6.67. The highest BCUT2D eigenvalue weighted by molar-refractivity contribution is 6.29. The highest BCUT2D eigenvalue weighted by Crippen LogP contribution is 2.26. The zero-order valence-electron chi connectivity index (χ0n) is 11.4. The molecule has 0 aromatic carbocycles. The predicted molar refractivity (Wildman–Crippen MR) is 73.2 cm³/mol. The molecule has 0 N–H and O–H groups in total. The molecule has 1 fully saturated rings. The van der Waals surface area contributed by atoms with Gasteiger partial charge in [-0.25, -0.2) is 4.98 Å². The smallest absolute Gasteiger partial charge is 0.218 e. The van der Waals surface area contributed by atoms with Crippen molar-refractivity contribution in [2.45, 2.75) is 64.4 Å². The fourth-order valence-electron chi connectivity index (χ4n) is 2.15. The van der Waals surface area contributed by atoms with Crippen LogP contribution in [-0.4, -0.2) is 16.1 Å². The summed E-state index contributed by atoms with van der Waals surface area (Å²) in [5, 5.41) is 0.459. The Bertz CT molecular complexity index is 409.